The van der Waals surface area contributed by atoms with E-state index in [4.69, 9.17) is 9.47 Å². The highest BCUT2D eigenvalue weighted by atomic mass is 19.1. The first kappa shape index (κ1) is 25.2. The van der Waals surface area contributed by atoms with E-state index in [9.17, 15) is 14.6 Å². The van der Waals surface area contributed by atoms with Gasteiger partial charge in [-0.25, -0.2) is 4.39 Å². The summed E-state index contributed by atoms with van der Waals surface area (Å²) in [4.78, 5) is 2.09. The molecule has 4 rings (SSSR count). The van der Waals surface area contributed by atoms with E-state index in [1.165, 1.54) is 12.1 Å². The lowest BCUT2D eigenvalue weighted by molar-refractivity contribution is -0.140. The van der Waals surface area contributed by atoms with Crippen LogP contribution in [0.2, 0.25) is 0 Å². The molecule has 2 atom stereocenters. The van der Waals surface area contributed by atoms with Crippen LogP contribution >= 0.6 is 0 Å². The third-order valence-corrected chi connectivity index (χ3v) is 6.31. The second-order valence-electron chi connectivity index (χ2n) is 9.36. The number of benzene rings is 2. The number of halogens is 1. The van der Waals surface area contributed by atoms with Gasteiger partial charge in [0.1, 0.15) is 29.5 Å². The molecule has 2 N–H and O–H groups in total. The predicted molar refractivity (Wildman–Crippen MR) is 131 cm³/mol. The van der Waals surface area contributed by atoms with Crippen LogP contribution in [0.4, 0.5) is 4.39 Å². The molecule has 1 saturated heterocycles. The Bertz CT molecular complexity index is 1120. The van der Waals surface area contributed by atoms with Crippen LogP contribution in [0.1, 0.15) is 29.8 Å². The summed E-state index contributed by atoms with van der Waals surface area (Å²) in [5.41, 5.74) is 1.79. The molecule has 0 amide bonds. The van der Waals surface area contributed by atoms with Gasteiger partial charge in [-0.05, 0) is 56.2 Å². The van der Waals surface area contributed by atoms with Crippen molar-refractivity contribution in [2.24, 2.45) is 0 Å². The minimum atomic E-state index is -1.44. The van der Waals surface area contributed by atoms with Crippen molar-refractivity contribution >= 4 is 0 Å². The number of rotatable bonds is 10. The number of nitrogens with zero attached hydrogens (tertiary/aromatic N) is 3. The summed E-state index contributed by atoms with van der Waals surface area (Å²) in [5.74, 6) is 0.720. The van der Waals surface area contributed by atoms with Crippen molar-refractivity contribution in [3.8, 4) is 11.5 Å². The molecule has 188 valence electrons. The van der Waals surface area contributed by atoms with Gasteiger partial charge in [-0.2, -0.15) is 5.10 Å². The zero-order valence-corrected chi connectivity index (χ0v) is 20.4. The van der Waals surface area contributed by atoms with Gasteiger partial charge in [0.2, 0.25) is 0 Å². The van der Waals surface area contributed by atoms with E-state index in [2.05, 4.69) is 23.0 Å². The quantitative estimate of drug-likeness (QED) is 0.430. The first-order chi connectivity index (χ1) is 16.8. The zero-order chi connectivity index (χ0) is 24.8. The molecular formula is C27H34FN3O4. The molecule has 1 aliphatic rings. The van der Waals surface area contributed by atoms with Gasteiger partial charge in [0.25, 0.3) is 0 Å². The van der Waals surface area contributed by atoms with Gasteiger partial charge < -0.3 is 19.7 Å². The van der Waals surface area contributed by atoms with E-state index in [0.29, 0.717) is 31.9 Å². The highest BCUT2D eigenvalue weighted by Gasteiger charge is 2.42. The van der Waals surface area contributed by atoms with E-state index in [1.54, 1.807) is 12.1 Å². The molecule has 0 bridgehead atoms. The average Bonchev–Trinajstić information content (AvgIpc) is 3.15. The number of aryl methyl sites for hydroxylation is 3. The number of piperidine rings is 1. The highest BCUT2D eigenvalue weighted by Crippen LogP contribution is 2.26. The summed E-state index contributed by atoms with van der Waals surface area (Å²) in [5, 5.41) is 26.0. The average molecular weight is 484 g/mol. The number of aliphatic hydroxyl groups excluding tert-OH is 1. The van der Waals surface area contributed by atoms with Gasteiger partial charge in [-0.3, -0.25) is 9.58 Å². The highest BCUT2D eigenvalue weighted by molar-refractivity contribution is 5.28. The van der Waals surface area contributed by atoms with E-state index in [0.717, 1.165) is 35.7 Å². The largest absolute Gasteiger partial charge is 0.494 e. The van der Waals surface area contributed by atoms with Crippen molar-refractivity contribution in [2.45, 2.75) is 51.5 Å². The van der Waals surface area contributed by atoms with Crippen molar-refractivity contribution in [1.29, 1.82) is 0 Å². The molecule has 3 aromatic rings. The fraction of sp³-hybridized carbons (Fsp3) is 0.444. The molecule has 0 spiro atoms. The third kappa shape index (κ3) is 6.81. The second kappa shape index (κ2) is 11.2. The van der Waals surface area contributed by atoms with E-state index < -0.39 is 17.5 Å². The fourth-order valence-corrected chi connectivity index (χ4v) is 4.48. The maximum absolute atomic E-state index is 13.4. The third-order valence-electron chi connectivity index (χ3n) is 6.31. The summed E-state index contributed by atoms with van der Waals surface area (Å²) in [6, 6.07) is 15.8. The van der Waals surface area contributed by atoms with Crippen molar-refractivity contribution in [3.05, 3.63) is 77.4 Å². The Kier molecular flexibility index (Phi) is 8.05. The van der Waals surface area contributed by atoms with Crippen molar-refractivity contribution in [3.63, 3.8) is 0 Å². The fourth-order valence-electron chi connectivity index (χ4n) is 4.48. The molecule has 1 aliphatic heterocycles. The number of hydrogen-bond acceptors (Lipinski definition) is 6. The number of hydrogen-bond donors (Lipinski definition) is 2. The molecule has 7 nitrogen and oxygen atoms in total. The summed E-state index contributed by atoms with van der Waals surface area (Å²) in [6.45, 7) is 6.84. The summed E-state index contributed by atoms with van der Waals surface area (Å²) in [7, 11) is 0. The lowest BCUT2D eigenvalue weighted by atomic mass is 9.90. The SMILES string of the molecule is Cc1cc(C)n(CCCOc2cccc(CN3CC[C@H](O)[C@@](O)(COc4cccc(F)c4)C3)c2)n1. The summed E-state index contributed by atoms with van der Waals surface area (Å²) < 4.78 is 27.0. The van der Waals surface area contributed by atoms with Gasteiger partial charge in [-0.15, -0.1) is 0 Å². The van der Waals surface area contributed by atoms with Gasteiger partial charge in [0.15, 0.2) is 0 Å². The van der Waals surface area contributed by atoms with Gasteiger partial charge in [-0.1, -0.05) is 18.2 Å². The topological polar surface area (TPSA) is 80.0 Å². The lowest BCUT2D eigenvalue weighted by Crippen LogP contribution is -2.59. The molecular weight excluding hydrogens is 449 g/mol. The molecule has 0 unspecified atom stereocenters. The second-order valence-corrected chi connectivity index (χ2v) is 9.36. The van der Waals surface area contributed by atoms with Crippen LogP contribution in [0.15, 0.2) is 54.6 Å². The first-order valence-electron chi connectivity index (χ1n) is 12.0. The van der Waals surface area contributed by atoms with Crippen LogP contribution in [0.25, 0.3) is 0 Å². The van der Waals surface area contributed by atoms with Crippen LogP contribution in [0.3, 0.4) is 0 Å². The predicted octanol–water partition coefficient (Wildman–Crippen LogP) is 3.48. The monoisotopic (exact) mass is 483 g/mol. The number of β-amino-alcohol motifs (C(OH)–C–C–N with tert-alkyl or cyclic N) is 1. The van der Waals surface area contributed by atoms with Gasteiger partial charge in [0.05, 0.1) is 18.4 Å². The Morgan fingerprint density at radius 2 is 1.86 bits per heavy atom. The van der Waals surface area contributed by atoms with Crippen LogP contribution in [0, 0.1) is 19.7 Å². The Morgan fingerprint density at radius 1 is 1.09 bits per heavy atom. The number of aromatic nitrogens is 2. The van der Waals surface area contributed by atoms with Gasteiger partial charge in [0, 0.05) is 44.4 Å². The van der Waals surface area contributed by atoms with Crippen molar-refractivity contribution in [1.82, 2.24) is 14.7 Å². The molecule has 0 aliphatic carbocycles. The first-order valence-corrected chi connectivity index (χ1v) is 12.0. The maximum Gasteiger partial charge on any atom is 0.137 e. The van der Waals surface area contributed by atoms with Crippen LogP contribution in [-0.2, 0) is 13.1 Å². The molecule has 0 saturated carbocycles. The smallest absolute Gasteiger partial charge is 0.137 e. The molecule has 1 fully saturated rings. The van der Waals surface area contributed by atoms with Crippen LogP contribution in [-0.4, -0.2) is 62.9 Å². The summed E-state index contributed by atoms with van der Waals surface area (Å²) >= 11 is 0. The van der Waals surface area contributed by atoms with Crippen LogP contribution < -0.4 is 9.47 Å². The minimum Gasteiger partial charge on any atom is -0.494 e. The number of aliphatic hydroxyl groups is 2. The molecule has 35 heavy (non-hydrogen) atoms. The Hall–Kier alpha value is -2.94. The molecule has 8 heteroatoms. The molecule has 0 radical (unpaired) electrons. The Morgan fingerprint density at radius 3 is 2.60 bits per heavy atom. The van der Waals surface area contributed by atoms with E-state index >= 15 is 0 Å². The Labute approximate surface area is 205 Å². The number of ether oxygens (including phenoxy) is 2. The van der Waals surface area contributed by atoms with Crippen LogP contribution in [0.5, 0.6) is 11.5 Å². The van der Waals surface area contributed by atoms with E-state index in [1.807, 2.05) is 35.9 Å². The maximum atomic E-state index is 13.4. The molecule has 2 heterocycles. The van der Waals surface area contributed by atoms with Gasteiger partial charge >= 0.3 is 0 Å². The van der Waals surface area contributed by atoms with Crippen molar-refractivity contribution in [2.75, 3.05) is 26.3 Å². The Balaban J connectivity index is 1.28. The molecule has 1 aromatic heterocycles. The minimum absolute atomic E-state index is 0.119. The lowest BCUT2D eigenvalue weighted by Gasteiger charge is -2.42. The zero-order valence-electron chi connectivity index (χ0n) is 20.4. The normalized spacial score (nSPS) is 20.7. The van der Waals surface area contributed by atoms with E-state index in [-0.39, 0.29) is 13.2 Å². The summed E-state index contributed by atoms with van der Waals surface area (Å²) in [6.07, 6.45) is 0.365. The molecule has 2 aromatic carbocycles. The standard InChI is InChI=1S/C27H34FN3O4/c1-20-14-21(2)31(29-20)11-5-13-34-24-8-3-6-22(15-24)17-30-12-10-26(32)27(33,18-30)19-35-25-9-4-7-23(28)16-25/h3-4,6-9,14-16,26,32-33H,5,10-13,17-19H2,1-2H3/t26-,27-/m0/s1. The number of likely N-dealkylation sites (tertiary alicyclic amines) is 1. The van der Waals surface area contributed by atoms with Crippen molar-refractivity contribution < 1.29 is 24.1 Å².